The maximum absolute atomic E-state index is 14.1. The molecule has 2 aromatic rings. The Labute approximate surface area is 162 Å². The fourth-order valence-electron chi connectivity index (χ4n) is 3.02. The summed E-state index contributed by atoms with van der Waals surface area (Å²) in [6.07, 6.45) is 1.82. The number of aromatic nitrogens is 1. The normalized spacial score (nSPS) is 16.6. The van der Waals surface area contributed by atoms with E-state index in [4.69, 9.17) is 9.47 Å². The molecule has 27 heavy (non-hydrogen) atoms. The first-order chi connectivity index (χ1) is 12.8. The Morgan fingerprint density at radius 1 is 1.48 bits per heavy atom. The summed E-state index contributed by atoms with van der Waals surface area (Å²) in [5.74, 6) is 0.118. The van der Waals surface area contributed by atoms with Crippen LogP contribution < -0.4 is 4.74 Å². The number of amides is 1. The number of fused-ring (bicyclic) bond motifs is 1. The van der Waals surface area contributed by atoms with Crippen molar-refractivity contribution in [3.63, 3.8) is 0 Å². The van der Waals surface area contributed by atoms with Crippen molar-refractivity contribution in [3.8, 4) is 5.75 Å². The molecule has 1 aromatic carbocycles. The third-order valence-electron chi connectivity index (χ3n) is 4.07. The molecule has 1 aliphatic heterocycles. The lowest BCUT2D eigenvalue weighted by Gasteiger charge is -2.37. The minimum absolute atomic E-state index is 0.285. The number of hydrogen-bond donors (Lipinski definition) is 0. The highest BCUT2D eigenvalue weighted by Gasteiger charge is 2.38. The number of nitrogens with zero attached hydrogens (tertiary/aromatic N) is 2. The molecule has 0 aliphatic carbocycles. The van der Waals surface area contributed by atoms with Crippen molar-refractivity contribution in [2.45, 2.75) is 38.8 Å². The van der Waals surface area contributed by atoms with E-state index in [-0.39, 0.29) is 6.61 Å². The minimum atomic E-state index is -0.625. The Morgan fingerprint density at radius 3 is 2.96 bits per heavy atom. The first-order valence-electron chi connectivity index (χ1n) is 8.75. The smallest absolute Gasteiger partial charge is 0.411 e. The lowest BCUT2D eigenvalue weighted by atomic mass is 9.97. The van der Waals surface area contributed by atoms with Gasteiger partial charge in [0, 0.05) is 18.5 Å². The van der Waals surface area contributed by atoms with E-state index in [1.807, 2.05) is 20.8 Å². The Hall–Kier alpha value is -2.41. The van der Waals surface area contributed by atoms with Gasteiger partial charge in [0.05, 0.1) is 16.1 Å². The highest BCUT2D eigenvalue weighted by atomic mass is 32.1. The zero-order valence-corrected chi connectivity index (χ0v) is 16.5. The quantitative estimate of drug-likeness (QED) is 0.708. The predicted octanol–water partition coefficient (Wildman–Crippen LogP) is 4.73. The monoisotopic (exact) mass is 390 g/mol. The summed E-state index contributed by atoms with van der Waals surface area (Å²) in [5, 5.41) is 0. The average Bonchev–Trinajstić information content (AvgIpc) is 3.07. The van der Waals surface area contributed by atoms with Gasteiger partial charge in [-0.15, -0.1) is 11.3 Å². The first-order valence-corrected chi connectivity index (χ1v) is 9.63. The summed E-state index contributed by atoms with van der Waals surface area (Å²) in [6.45, 7) is 9.85. The highest BCUT2D eigenvalue weighted by molar-refractivity contribution is 7.09. The van der Waals surface area contributed by atoms with Crippen molar-refractivity contribution in [3.05, 3.63) is 58.3 Å². The van der Waals surface area contributed by atoms with Crippen molar-refractivity contribution >= 4 is 17.4 Å². The zero-order valence-electron chi connectivity index (χ0n) is 15.7. The van der Waals surface area contributed by atoms with Crippen LogP contribution in [0.15, 0.2) is 36.4 Å². The van der Waals surface area contributed by atoms with E-state index < -0.39 is 23.6 Å². The molecular weight excluding hydrogens is 367 g/mol. The number of benzene rings is 1. The molecule has 0 fully saturated rings. The Morgan fingerprint density at radius 2 is 2.26 bits per heavy atom. The van der Waals surface area contributed by atoms with Crippen LogP contribution >= 0.6 is 11.3 Å². The van der Waals surface area contributed by atoms with E-state index in [0.29, 0.717) is 24.3 Å². The minimum Gasteiger partial charge on any atom is -0.489 e. The fraction of sp³-hybridized carbons (Fsp3) is 0.400. The molecule has 1 amide bonds. The highest BCUT2D eigenvalue weighted by Crippen LogP contribution is 2.41. The van der Waals surface area contributed by atoms with Gasteiger partial charge < -0.3 is 9.47 Å². The lowest BCUT2D eigenvalue weighted by Crippen LogP contribution is -2.43. The number of carbonyl (C=O) groups is 1. The van der Waals surface area contributed by atoms with Gasteiger partial charge >= 0.3 is 6.09 Å². The van der Waals surface area contributed by atoms with E-state index >= 15 is 0 Å². The molecule has 144 valence electrons. The van der Waals surface area contributed by atoms with E-state index in [2.05, 4.69) is 11.6 Å². The molecule has 0 N–H and O–H groups in total. The molecule has 0 saturated carbocycles. The topological polar surface area (TPSA) is 51.7 Å². The molecule has 1 aliphatic rings. The fourth-order valence-corrected chi connectivity index (χ4v) is 3.99. The van der Waals surface area contributed by atoms with E-state index in [0.717, 1.165) is 10.6 Å². The van der Waals surface area contributed by atoms with Gasteiger partial charge in [0.1, 0.15) is 29.8 Å². The van der Waals surface area contributed by atoms with Crippen LogP contribution in [0.4, 0.5) is 9.18 Å². The number of rotatable bonds is 4. The van der Waals surface area contributed by atoms with E-state index in [1.54, 1.807) is 22.6 Å². The maximum atomic E-state index is 14.1. The van der Waals surface area contributed by atoms with Crippen molar-refractivity contribution in [2.24, 2.45) is 0 Å². The van der Waals surface area contributed by atoms with Crippen molar-refractivity contribution in [2.75, 3.05) is 13.2 Å². The van der Waals surface area contributed by atoms with Gasteiger partial charge in [-0.2, -0.15) is 0 Å². The summed E-state index contributed by atoms with van der Waals surface area (Å²) in [6, 6.07) is 3.83. The number of ether oxygens (including phenoxy) is 2. The van der Waals surface area contributed by atoms with Crippen LogP contribution in [0.1, 0.15) is 42.9 Å². The second-order valence-corrected chi connectivity index (χ2v) is 8.16. The molecule has 0 radical (unpaired) electrons. The van der Waals surface area contributed by atoms with Crippen LogP contribution in [0.3, 0.4) is 0 Å². The number of hydrogen-bond acceptors (Lipinski definition) is 5. The van der Waals surface area contributed by atoms with Crippen LogP contribution in [-0.2, 0) is 11.2 Å². The summed E-state index contributed by atoms with van der Waals surface area (Å²) >= 11 is 1.45. The van der Waals surface area contributed by atoms with Crippen LogP contribution in [0.5, 0.6) is 5.75 Å². The summed E-state index contributed by atoms with van der Waals surface area (Å²) in [4.78, 5) is 19.8. The Bertz CT molecular complexity index is 844. The predicted molar refractivity (Wildman–Crippen MR) is 103 cm³/mol. The molecule has 0 bridgehead atoms. The van der Waals surface area contributed by atoms with Gasteiger partial charge in [0.25, 0.3) is 0 Å². The zero-order chi connectivity index (χ0) is 19.6. The lowest BCUT2D eigenvalue weighted by molar-refractivity contribution is 0.0178. The Kier molecular flexibility index (Phi) is 5.51. The van der Waals surface area contributed by atoms with Gasteiger partial charge in [0.15, 0.2) is 0 Å². The summed E-state index contributed by atoms with van der Waals surface area (Å²) < 4.78 is 25.4. The van der Waals surface area contributed by atoms with Crippen molar-refractivity contribution in [1.29, 1.82) is 0 Å². The van der Waals surface area contributed by atoms with Crippen molar-refractivity contribution < 1.29 is 18.7 Å². The van der Waals surface area contributed by atoms with Crippen LogP contribution in [-0.4, -0.2) is 34.7 Å². The summed E-state index contributed by atoms with van der Waals surface area (Å²) in [5.41, 5.74) is 2.62. The molecule has 0 saturated heterocycles. The Balaban J connectivity index is 2.07. The van der Waals surface area contributed by atoms with Crippen LogP contribution in [0.25, 0.3) is 0 Å². The van der Waals surface area contributed by atoms with E-state index in [9.17, 15) is 9.18 Å². The van der Waals surface area contributed by atoms with Gasteiger partial charge in [-0.3, -0.25) is 4.90 Å². The third kappa shape index (κ3) is 4.30. The molecular formula is C20H23FN2O3S. The maximum Gasteiger partial charge on any atom is 0.411 e. The van der Waals surface area contributed by atoms with Crippen LogP contribution in [0.2, 0.25) is 0 Å². The third-order valence-corrected chi connectivity index (χ3v) is 5.00. The second-order valence-electron chi connectivity index (χ2n) is 7.27. The molecule has 2 heterocycles. The SMILES string of the molecule is C=CCOc1ccc(F)cc1C1c2scnc2CCN1C(=O)OC(C)(C)C. The number of carbonyl (C=O) groups excluding carboxylic acids is 1. The second kappa shape index (κ2) is 7.68. The largest absolute Gasteiger partial charge is 0.489 e. The van der Waals surface area contributed by atoms with Gasteiger partial charge in [-0.25, -0.2) is 14.2 Å². The molecule has 1 unspecified atom stereocenters. The molecule has 1 atom stereocenters. The average molecular weight is 390 g/mol. The van der Waals surface area contributed by atoms with Crippen LogP contribution in [0, 0.1) is 5.82 Å². The van der Waals surface area contributed by atoms with Gasteiger partial charge in [-0.05, 0) is 39.0 Å². The first kappa shape index (κ1) is 19.4. The summed E-state index contributed by atoms with van der Waals surface area (Å²) in [7, 11) is 0. The van der Waals surface area contributed by atoms with Gasteiger partial charge in [-0.1, -0.05) is 12.7 Å². The standard InChI is InChI=1S/C20H23FN2O3S/c1-5-10-25-16-7-6-13(21)11-14(16)17-18-15(22-12-27-18)8-9-23(17)19(24)26-20(2,3)4/h5-7,11-12,17H,1,8-10H2,2-4H3. The molecule has 3 rings (SSSR count). The van der Waals surface area contributed by atoms with E-state index in [1.165, 1.54) is 23.5 Å². The van der Waals surface area contributed by atoms with Gasteiger partial charge in [0.2, 0.25) is 0 Å². The van der Waals surface area contributed by atoms with Crippen molar-refractivity contribution in [1.82, 2.24) is 9.88 Å². The molecule has 5 nitrogen and oxygen atoms in total. The number of halogens is 1. The molecule has 7 heteroatoms. The molecule has 1 aromatic heterocycles. The molecule has 0 spiro atoms. The number of thiazole rings is 1.